The van der Waals surface area contributed by atoms with Crippen LogP contribution in [0.5, 0.6) is 0 Å². The molecule has 28 heavy (non-hydrogen) atoms. The summed E-state index contributed by atoms with van der Waals surface area (Å²) in [4.78, 5) is 30.8. The lowest BCUT2D eigenvalue weighted by atomic mass is 10.3. The van der Waals surface area contributed by atoms with Crippen LogP contribution in [0.4, 0.5) is 16.3 Å². The molecule has 1 atom stereocenters. The predicted octanol–water partition coefficient (Wildman–Crippen LogP) is 1.12. The highest BCUT2D eigenvalue weighted by Crippen LogP contribution is 2.18. The van der Waals surface area contributed by atoms with E-state index in [0.29, 0.717) is 56.3 Å². The standard InChI is InChI=1S/C17H20FN9O/c1-11(15-20-7-12(18)8-21-15)23-16-24-14(6-13-9-19-10-22-13)25-17(26-16)27-2-4-28-5-3-27/h7-11H,2-6H2,1H3,(H,19,22)(H,23,24,25,26)/t11-/m0/s1. The molecule has 2 N–H and O–H groups in total. The molecule has 0 spiro atoms. The van der Waals surface area contributed by atoms with Crippen molar-refractivity contribution in [2.45, 2.75) is 19.4 Å². The van der Waals surface area contributed by atoms with Gasteiger partial charge in [-0.3, -0.25) is 0 Å². The Labute approximate surface area is 160 Å². The van der Waals surface area contributed by atoms with Gasteiger partial charge in [0.25, 0.3) is 0 Å². The summed E-state index contributed by atoms with van der Waals surface area (Å²) in [5.41, 5.74) is 0.903. The number of morpholine rings is 1. The van der Waals surface area contributed by atoms with Crippen molar-refractivity contribution in [3.8, 4) is 0 Å². The Kier molecular flexibility index (Phi) is 5.33. The van der Waals surface area contributed by atoms with Crippen molar-refractivity contribution in [3.63, 3.8) is 0 Å². The lowest BCUT2D eigenvalue weighted by Crippen LogP contribution is -2.37. The van der Waals surface area contributed by atoms with E-state index < -0.39 is 5.82 Å². The van der Waals surface area contributed by atoms with Crippen LogP contribution in [-0.2, 0) is 11.2 Å². The molecular weight excluding hydrogens is 365 g/mol. The summed E-state index contributed by atoms with van der Waals surface area (Å²) in [6.07, 6.45) is 6.12. The summed E-state index contributed by atoms with van der Waals surface area (Å²) in [7, 11) is 0. The van der Waals surface area contributed by atoms with Gasteiger partial charge in [0, 0.05) is 31.4 Å². The van der Waals surface area contributed by atoms with Gasteiger partial charge in [-0.05, 0) is 6.92 Å². The zero-order valence-corrected chi connectivity index (χ0v) is 15.3. The van der Waals surface area contributed by atoms with Crippen molar-refractivity contribution in [1.82, 2.24) is 34.9 Å². The normalized spacial score (nSPS) is 15.4. The minimum Gasteiger partial charge on any atom is -0.378 e. The molecule has 1 aliphatic rings. The highest BCUT2D eigenvalue weighted by atomic mass is 19.1. The Balaban J connectivity index is 1.59. The highest BCUT2D eigenvalue weighted by Gasteiger charge is 2.18. The number of imidazole rings is 1. The molecule has 0 amide bonds. The summed E-state index contributed by atoms with van der Waals surface area (Å²) >= 11 is 0. The van der Waals surface area contributed by atoms with E-state index in [1.165, 1.54) is 0 Å². The van der Waals surface area contributed by atoms with Crippen LogP contribution in [-0.4, -0.2) is 61.2 Å². The van der Waals surface area contributed by atoms with Gasteiger partial charge < -0.3 is 19.9 Å². The topological polar surface area (TPSA) is 118 Å². The molecule has 0 radical (unpaired) electrons. The van der Waals surface area contributed by atoms with Gasteiger partial charge in [0.15, 0.2) is 5.82 Å². The van der Waals surface area contributed by atoms with E-state index in [4.69, 9.17) is 4.74 Å². The highest BCUT2D eigenvalue weighted by molar-refractivity contribution is 5.39. The number of nitrogens with zero attached hydrogens (tertiary/aromatic N) is 7. The molecule has 1 fully saturated rings. The van der Waals surface area contributed by atoms with Crippen LogP contribution < -0.4 is 10.2 Å². The molecule has 3 aromatic rings. The van der Waals surface area contributed by atoms with Crippen LogP contribution in [0, 0.1) is 5.82 Å². The van der Waals surface area contributed by atoms with Crippen molar-refractivity contribution in [1.29, 1.82) is 0 Å². The van der Waals surface area contributed by atoms with Gasteiger partial charge in [-0.25, -0.2) is 19.3 Å². The maximum Gasteiger partial charge on any atom is 0.230 e. The number of halogens is 1. The number of aromatic nitrogens is 7. The zero-order chi connectivity index (χ0) is 19.3. The molecule has 3 aromatic heterocycles. The zero-order valence-electron chi connectivity index (χ0n) is 15.3. The van der Waals surface area contributed by atoms with Crippen LogP contribution in [0.15, 0.2) is 24.9 Å². The van der Waals surface area contributed by atoms with Crippen LogP contribution in [0.1, 0.15) is 30.3 Å². The smallest absolute Gasteiger partial charge is 0.230 e. The van der Waals surface area contributed by atoms with Crippen LogP contribution in [0.25, 0.3) is 0 Å². The Morgan fingerprint density at radius 3 is 2.68 bits per heavy atom. The van der Waals surface area contributed by atoms with Gasteiger partial charge in [0.2, 0.25) is 11.9 Å². The number of hydrogen-bond acceptors (Lipinski definition) is 9. The number of anilines is 2. The maximum atomic E-state index is 13.1. The third-order valence-electron chi connectivity index (χ3n) is 4.24. The second-order valence-corrected chi connectivity index (χ2v) is 6.35. The molecule has 1 aliphatic heterocycles. The van der Waals surface area contributed by atoms with Gasteiger partial charge >= 0.3 is 0 Å². The number of hydrogen-bond donors (Lipinski definition) is 2. The number of H-pyrrole nitrogens is 1. The number of ether oxygens (including phenoxy) is 1. The monoisotopic (exact) mass is 385 g/mol. The third-order valence-corrected chi connectivity index (χ3v) is 4.24. The van der Waals surface area contributed by atoms with Gasteiger partial charge in [-0.1, -0.05) is 0 Å². The van der Waals surface area contributed by atoms with Crippen molar-refractivity contribution in [2.24, 2.45) is 0 Å². The van der Waals surface area contributed by atoms with Gasteiger partial charge in [0.1, 0.15) is 11.6 Å². The first-order valence-electron chi connectivity index (χ1n) is 8.96. The minimum absolute atomic E-state index is 0.305. The first kappa shape index (κ1) is 18.2. The van der Waals surface area contributed by atoms with Crippen molar-refractivity contribution in [2.75, 3.05) is 36.5 Å². The fourth-order valence-corrected chi connectivity index (χ4v) is 2.81. The molecule has 1 saturated heterocycles. The van der Waals surface area contributed by atoms with E-state index >= 15 is 0 Å². The molecule has 0 unspecified atom stereocenters. The quantitative estimate of drug-likeness (QED) is 0.643. The molecule has 0 aromatic carbocycles. The Morgan fingerprint density at radius 2 is 1.96 bits per heavy atom. The lowest BCUT2D eigenvalue weighted by molar-refractivity contribution is 0.122. The first-order chi connectivity index (χ1) is 13.7. The summed E-state index contributed by atoms with van der Waals surface area (Å²) < 4.78 is 18.5. The summed E-state index contributed by atoms with van der Waals surface area (Å²) in [5, 5.41) is 3.18. The number of rotatable bonds is 6. The average molecular weight is 385 g/mol. The second kappa shape index (κ2) is 8.21. The molecule has 10 nitrogen and oxygen atoms in total. The average Bonchev–Trinajstić information content (AvgIpc) is 3.22. The molecular formula is C17H20FN9O. The molecule has 4 heterocycles. The fraction of sp³-hybridized carbons (Fsp3) is 0.412. The second-order valence-electron chi connectivity index (χ2n) is 6.35. The van der Waals surface area contributed by atoms with Crippen molar-refractivity contribution < 1.29 is 9.13 Å². The summed E-state index contributed by atoms with van der Waals surface area (Å²) in [5.74, 6) is 1.57. The first-order valence-corrected chi connectivity index (χ1v) is 8.96. The molecule has 4 rings (SSSR count). The lowest BCUT2D eigenvalue weighted by Gasteiger charge is -2.27. The SMILES string of the molecule is C[C@H](Nc1nc(Cc2cnc[nH]2)nc(N2CCOCC2)n1)c1ncc(F)cn1. The van der Waals surface area contributed by atoms with Crippen molar-refractivity contribution in [3.05, 3.63) is 48.1 Å². The maximum absolute atomic E-state index is 13.1. The Hall–Kier alpha value is -3.21. The molecule has 0 aliphatic carbocycles. The fourth-order valence-electron chi connectivity index (χ4n) is 2.81. The predicted molar refractivity (Wildman–Crippen MR) is 98.3 cm³/mol. The Bertz CT molecular complexity index is 898. The molecule has 11 heteroatoms. The summed E-state index contributed by atoms with van der Waals surface area (Å²) in [6, 6.07) is -0.305. The van der Waals surface area contributed by atoms with E-state index in [1.54, 1.807) is 12.5 Å². The number of nitrogens with one attached hydrogen (secondary N) is 2. The number of aromatic amines is 1. The van der Waals surface area contributed by atoms with Crippen molar-refractivity contribution >= 4 is 11.9 Å². The van der Waals surface area contributed by atoms with Gasteiger partial charge in [-0.2, -0.15) is 15.0 Å². The molecule has 146 valence electrons. The van der Waals surface area contributed by atoms with Gasteiger partial charge in [0.05, 0.1) is 38.0 Å². The summed E-state index contributed by atoms with van der Waals surface area (Å²) in [6.45, 7) is 4.54. The minimum atomic E-state index is -0.479. The van der Waals surface area contributed by atoms with E-state index in [9.17, 15) is 4.39 Å². The van der Waals surface area contributed by atoms with E-state index in [2.05, 4.69) is 45.1 Å². The van der Waals surface area contributed by atoms with E-state index in [1.807, 2.05) is 6.92 Å². The van der Waals surface area contributed by atoms with E-state index in [-0.39, 0.29) is 6.04 Å². The van der Waals surface area contributed by atoms with Crippen LogP contribution >= 0.6 is 0 Å². The Morgan fingerprint density at radius 1 is 1.18 bits per heavy atom. The third kappa shape index (κ3) is 4.36. The van der Waals surface area contributed by atoms with Crippen LogP contribution in [0.2, 0.25) is 0 Å². The largest absolute Gasteiger partial charge is 0.378 e. The molecule has 0 saturated carbocycles. The van der Waals surface area contributed by atoms with Crippen LogP contribution in [0.3, 0.4) is 0 Å². The molecule has 0 bridgehead atoms. The van der Waals surface area contributed by atoms with Gasteiger partial charge in [-0.15, -0.1) is 0 Å². The van der Waals surface area contributed by atoms with E-state index in [0.717, 1.165) is 18.1 Å².